The fraction of sp³-hybridized carbons (Fsp3) is 1.00. The number of hydrogen-bond donors (Lipinski definition) is 0. The van der Waals surface area contributed by atoms with E-state index in [-0.39, 0.29) is 16.8 Å². The second-order valence-electron chi connectivity index (χ2n) is 16.9. The fourth-order valence-electron chi connectivity index (χ4n) is 7.58. The zero-order valence-corrected chi connectivity index (χ0v) is 36.8. The molecular formula is C45H93AlO3. The van der Waals surface area contributed by atoms with Crippen LogP contribution in [-0.2, 0) is 11.4 Å². The summed E-state index contributed by atoms with van der Waals surface area (Å²) in [6.45, 7) is 21.2. The maximum absolute atomic E-state index is 7.46. The van der Waals surface area contributed by atoms with Crippen LogP contribution in [0.3, 0.4) is 0 Å². The predicted octanol–water partition coefficient (Wildman–Crippen LogP) is 16.3. The Morgan fingerprint density at radius 2 is 0.429 bits per heavy atom. The zero-order chi connectivity index (χ0) is 36.5. The molecule has 0 fully saturated rings. The lowest BCUT2D eigenvalue weighted by Gasteiger charge is -2.41. The van der Waals surface area contributed by atoms with Crippen LogP contribution in [-0.4, -0.2) is 32.0 Å². The first-order valence-corrected chi connectivity index (χ1v) is 24.1. The number of rotatable bonds is 39. The Morgan fingerprint density at radius 3 is 0.612 bits per heavy atom. The number of hydrogen-bond acceptors (Lipinski definition) is 3. The van der Waals surface area contributed by atoms with Crippen molar-refractivity contribution in [3.63, 3.8) is 0 Å². The number of unbranched alkanes of at least 4 members (excludes halogenated alkanes) is 21. The summed E-state index contributed by atoms with van der Waals surface area (Å²) in [4.78, 5) is 0. The van der Waals surface area contributed by atoms with Gasteiger partial charge in [-0.25, -0.2) is 0 Å². The van der Waals surface area contributed by atoms with E-state index < -0.39 is 15.1 Å². The highest BCUT2D eigenvalue weighted by Gasteiger charge is 2.48. The molecule has 49 heavy (non-hydrogen) atoms. The molecule has 3 unspecified atom stereocenters. The van der Waals surface area contributed by atoms with Crippen LogP contribution in [0.4, 0.5) is 0 Å². The molecule has 0 heterocycles. The van der Waals surface area contributed by atoms with Crippen LogP contribution in [0.1, 0.15) is 274 Å². The van der Waals surface area contributed by atoms with Gasteiger partial charge in [0.05, 0.1) is 0 Å². The van der Waals surface area contributed by atoms with Crippen molar-refractivity contribution in [2.24, 2.45) is 0 Å². The summed E-state index contributed by atoms with van der Waals surface area (Å²) >= 11 is -2.48. The Balaban J connectivity index is 6.36. The normalized spacial score (nSPS) is 15.6. The van der Waals surface area contributed by atoms with E-state index in [1.54, 1.807) is 0 Å². The van der Waals surface area contributed by atoms with Crippen LogP contribution in [0.25, 0.3) is 0 Å². The quantitative estimate of drug-likeness (QED) is 0.0470. The molecule has 0 amide bonds. The van der Waals surface area contributed by atoms with Gasteiger partial charge in [0.25, 0.3) is 0 Å². The highest BCUT2D eigenvalue weighted by Crippen LogP contribution is 2.36. The fourth-order valence-corrected chi connectivity index (χ4v) is 9.83. The molecule has 0 aliphatic heterocycles. The van der Waals surface area contributed by atoms with E-state index in [4.69, 9.17) is 11.4 Å². The molecule has 0 aromatic heterocycles. The minimum atomic E-state index is -2.48. The van der Waals surface area contributed by atoms with E-state index in [2.05, 4.69) is 62.3 Å². The standard InChI is InChI=1S/3C15H31O.Al/c3*1-4-6-8-10-12-14-15(3,16)13-11-9-7-5-2;/h3*4-14H2,1-3H3;/q3*-1;+3. The van der Waals surface area contributed by atoms with Crippen LogP contribution >= 0.6 is 0 Å². The molecule has 4 heteroatoms. The highest BCUT2D eigenvalue weighted by atomic mass is 27.3. The molecule has 0 saturated heterocycles. The predicted molar refractivity (Wildman–Crippen MR) is 221 cm³/mol. The topological polar surface area (TPSA) is 27.7 Å². The molecule has 0 aromatic rings. The molecule has 0 saturated carbocycles. The molecule has 3 nitrogen and oxygen atoms in total. The average Bonchev–Trinajstić information content (AvgIpc) is 3.07. The Morgan fingerprint density at radius 1 is 0.265 bits per heavy atom. The molecule has 0 aliphatic carbocycles. The maximum atomic E-state index is 7.46. The SMILES string of the molecule is CCCCCCCC(C)(CCCCCC)[O][Al]([O]C(C)(CCCCCC)CCCCCCC)[O]C(C)(CCCCCC)CCCCCCC. The summed E-state index contributed by atoms with van der Waals surface area (Å²) in [5, 5.41) is 0. The van der Waals surface area contributed by atoms with Gasteiger partial charge in [-0.2, -0.15) is 0 Å². The zero-order valence-electron chi connectivity index (χ0n) is 35.6. The third kappa shape index (κ3) is 28.6. The Kier molecular flexibility index (Phi) is 33.3. The molecule has 0 bridgehead atoms. The minimum absolute atomic E-state index is 0.161. The molecular weight excluding hydrogens is 615 g/mol. The molecule has 0 spiro atoms. The lowest BCUT2D eigenvalue weighted by molar-refractivity contribution is -0.0923. The lowest BCUT2D eigenvalue weighted by Crippen LogP contribution is -2.49. The van der Waals surface area contributed by atoms with E-state index in [0.29, 0.717) is 0 Å². The highest BCUT2D eigenvalue weighted by molar-refractivity contribution is 6.36. The molecule has 0 aromatic carbocycles. The van der Waals surface area contributed by atoms with Gasteiger partial charge in [-0.05, 0) is 59.3 Å². The van der Waals surface area contributed by atoms with Crippen LogP contribution < -0.4 is 0 Å². The summed E-state index contributed by atoms with van der Waals surface area (Å²) in [6, 6.07) is 0. The molecule has 0 radical (unpaired) electrons. The summed E-state index contributed by atoms with van der Waals surface area (Å²) in [5.74, 6) is 0. The lowest BCUT2D eigenvalue weighted by atomic mass is 9.91. The van der Waals surface area contributed by atoms with Gasteiger partial charge in [-0.15, -0.1) is 0 Å². The largest absolute Gasteiger partial charge is 0.906 e. The maximum Gasteiger partial charge on any atom is 0.906 e. The third-order valence-electron chi connectivity index (χ3n) is 11.2. The van der Waals surface area contributed by atoms with Crippen molar-refractivity contribution in [2.45, 2.75) is 291 Å². The summed E-state index contributed by atoms with van der Waals surface area (Å²) < 4.78 is 22.4. The van der Waals surface area contributed by atoms with E-state index in [0.717, 1.165) is 38.5 Å². The van der Waals surface area contributed by atoms with Gasteiger partial charge in [-0.3, -0.25) is 0 Å². The Bertz CT molecular complexity index is 598. The van der Waals surface area contributed by atoms with Crippen molar-refractivity contribution in [3.8, 4) is 0 Å². The summed E-state index contributed by atoms with van der Waals surface area (Å²) in [5.41, 5.74) is -0.484. The average molecular weight is 709 g/mol. The Labute approximate surface area is 316 Å². The van der Waals surface area contributed by atoms with Gasteiger partial charge in [0.15, 0.2) is 0 Å². The summed E-state index contributed by atoms with van der Waals surface area (Å²) in [7, 11) is 0. The molecule has 3 atom stereocenters. The van der Waals surface area contributed by atoms with Crippen molar-refractivity contribution < 1.29 is 11.4 Å². The van der Waals surface area contributed by atoms with Crippen molar-refractivity contribution in [3.05, 3.63) is 0 Å². The van der Waals surface area contributed by atoms with Crippen molar-refractivity contribution in [1.29, 1.82) is 0 Å². The van der Waals surface area contributed by atoms with Crippen LogP contribution in [0.15, 0.2) is 0 Å². The monoisotopic (exact) mass is 709 g/mol. The second-order valence-corrected chi connectivity index (χ2v) is 18.2. The van der Waals surface area contributed by atoms with Crippen LogP contribution in [0.2, 0.25) is 0 Å². The van der Waals surface area contributed by atoms with E-state index in [1.165, 1.54) is 173 Å². The van der Waals surface area contributed by atoms with E-state index in [1.807, 2.05) is 0 Å². The molecule has 0 aliphatic rings. The Hall–Kier alpha value is 0.412. The molecule has 0 rings (SSSR count). The summed E-state index contributed by atoms with van der Waals surface area (Å²) in [6.07, 6.45) is 41.9. The van der Waals surface area contributed by atoms with Gasteiger partial charge < -0.3 is 11.4 Å². The van der Waals surface area contributed by atoms with Crippen molar-refractivity contribution in [1.82, 2.24) is 0 Å². The first-order valence-electron chi connectivity index (χ1n) is 22.7. The van der Waals surface area contributed by atoms with E-state index >= 15 is 0 Å². The van der Waals surface area contributed by atoms with E-state index in [9.17, 15) is 0 Å². The van der Waals surface area contributed by atoms with Crippen LogP contribution in [0.5, 0.6) is 0 Å². The van der Waals surface area contributed by atoms with Crippen LogP contribution in [0, 0.1) is 0 Å². The smallest absolute Gasteiger partial charge is 0.449 e. The minimum Gasteiger partial charge on any atom is -0.449 e. The first-order chi connectivity index (χ1) is 23.6. The molecule has 0 N–H and O–H groups in total. The third-order valence-corrected chi connectivity index (χ3v) is 13.5. The van der Waals surface area contributed by atoms with Gasteiger partial charge in [0.1, 0.15) is 0 Å². The van der Waals surface area contributed by atoms with Gasteiger partial charge in [0, 0.05) is 16.8 Å². The van der Waals surface area contributed by atoms with Gasteiger partial charge in [0.2, 0.25) is 0 Å². The second kappa shape index (κ2) is 33.0. The first kappa shape index (κ1) is 49.4. The molecule has 294 valence electrons. The van der Waals surface area contributed by atoms with Gasteiger partial charge >= 0.3 is 15.1 Å². The van der Waals surface area contributed by atoms with Crippen molar-refractivity contribution in [2.75, 3.05) is 0 Å². The van der Waals surface area contributed by atoms with Crippen molar-refractivity contribution >= 4 is 15.1 Å². The van der Waals surface area contributed by atoms with Gasteiger partial charge in [-0.1, -0.05) is 215 Å².